The number of nitrogens with zero attached hydrogens (tertiary/aromatic N) is 3. The van der Waals surface area contributed by atoms with E-state index in [1.165, 1.54) is 4.90 Å². The lowest BCUT2D eigenvalue weighted by atomic mass is 10.2. The largest absolute Gasteiger partial charge is 0.339 e. The molecule has 1 atom stereocenters. The highest BCUT2D eigenvalue weighted by molar-refractivity contribution is 6.04. The van der Waals surface area contributed by atoms with Gasteiger partial charge in [-0.05, 0) is 6.42 Å². The van der Waals surface area contributed by atoms with Gasteiger partial charge in [-0.25, -0.2) is 4.79 Å². The van der Waals surface area contributed by atoms with Gasteiger partial charge in [0.15, 0.2) is 0 Å². The average Bonchev–Trinajstić information content (AvgIpc) is 3.15. The number of hydrogen-bond donors (Lipinski definition) is 1. The fraction of sp³-hybridized carbons (Fsp3) is 0.615. The molecule has 1 N–H and O–H groups in total. The minimum atomic E-state index is -0.436. The highest BCUT2D eigenvalue weighted by Gasteiger charge is 2.40. The minimum Gasteiger partial charge on any atom is -0.339 e. The van der Waals surface area contributed by atoms with Crippen molar-refractivity contribution in [3.8, 4) is 0 Å². The first-order valence-corrected chi connectivity index (χ1v) is 7.18. The summed E-state index contributed by atoms with van der Waals surface area (Å²) in [4.78, 5) is 62.1. The predicted molar refractivity (Wildman–Crippen MR) is 71.2 cm³/mol. The van der Waals surface area contributed by atoms with Crippen LogP contribution in [0.4, 0.5) is 4.79 Å². The topological polar surface area (TPSA) is 107 Å². The van der Waals surface area contributed by atoms with Gasteiger partial charge in [-0.2, -0.15) is 0 Å². The molecule has 9 heteroatoms. The Labute approximate surface area is 126 Å². The highest BCUT2D eigenvalue weighted by atomic mass is 16.2. The second kappa shape index (κ2) is 5.39. The fourth-order valence-corrected chi connectivity index (χ4v) is 3.02. The van der Waals surface area contributed by atoms with E-state index >= 15 is 0 Å². The second-order valence-corrected chi connectivity index (χ2v) is 5.58. The molecular formula is C13H16N4O5. The average molecular weight is 308 g/mol. The molecular weight excluding hydrogens is 292 g/mol. The van der Waals surface area contributed by atoms with Gasteiger partial charge >= 0.3 is 6.03 Å². The summed E-state index contributed by atoms with van der Waals surface area (Å²) in [6.45, 7) is 0.371. The molecule has 0 aromatic heterocycles. The van der Waals surface area contributed by atoms with Crippen LogP contribution in [0.1, 0.15) is 19.3 Å². The summed E-state index contributed by atoms with van der Waals surface area (Å²) in [6.07, 6.45) is 0.807. The smallest absolute Gasteiger partial charge is 0.324 e. The molecule has 3 aliphatic heterocycles. The zero-order chi connectivity index (χ0) is 15.9. The summed E-state index contributed by atoms with van der Waals surface area (Å²) in [5.41, 5.74) is 0. The third-order valence-corrected chi connectivity index (χ3v) is 4.21. The predicted octanol–water partition coefficient (Wildman–Crippen LogP) is -1.71. The Hall–Kier alpha value is -2.45. The number of imide groups is 2. The molecule has 0 aliphatic carbocycles. The molecule has 118 valence electrons. The van der Waals surface area contributed by atoms with E-state index in [2.05, 4.69) is 5.32 Å². The van der Waals surface area contributed by atoms with Crippen LogP contribution in [0.3, 0.4) is 0 Å². The Bertz CT molecular complexity index is 543. The molecule has 9 nitrogen and oxygen atoms in total. The molecule has 0 saturated carbocycles. The van der Waals surface area contributed by atoms with Crippen LogP contribution in [0.15, 0.2) is 0 Å². The zero-order valence-corrected chi connectivity index (χ0v) is 11.9. The molecule has 0 spiro atoms. The molecule has 6 amide bonds. The monoisotopic (exact) mass is 308 g/mol. The lowest BCUT2D eigenvalue weighted by Crippen LogP contribution is -2.45. The highest BCUT2D eigenvalue weighted by Crippen LogP contribution is 2.19. The Kier molecular flexibility index (Phi) is 3.55. The molecule has 3 aliphatic rings. The number of hydrogen-bond acceptors (Lipinski definition) is 5. The summed E-state index contributed by atoms with van der Waals surface area (Å²) in [6, 6.07) is -0.780. The van der Waals surface area contributed by atoms with Crippen molar-refractivity contribution in [3.63, 3.8) is 0 Å². The van der Waals surface area contributed by atoms with Crippen molar-refractivity contribution in [2.45, 2.75) is 25.3 Å². The quantitative estimate of drug-likeness (QED) is 0.493. The van der Waals surface area contributed by atoms with Gasteiger partial charge in [0.25, 0.3) is 0 Å². The molecule has 3 rings (SSSR count). The third kappa shape index (κ3) is 2.42. The van der Waals surface area contributed by atoms with Crippen LogP contribution in [0, 0.1) is 0 Å². The van der Waals surface area contributed by atoms with Crippen LogP contribution in [-0.2, 0) is 19.2 Å². The van der Waals surface area contributed by atoms with Crippen molar-refractivity contribution in [3.05, 3.63) is 0 Å². The van der Waals surface area contributed by atoms with Crippen molar-refractivity contribution >= 4 is 29.7 Å². The van der Waals surface area contributed by atoms with E-state index in [9.17, 15) is 24.0 Å². The van der Waals surface area contributed by atoms with Gasteiger partial charge in [0.05, 0.1) is 12.6 Å². The Morgan fingerprint density at radius 1 is 1.09 bits per heavy atom. The van der Waals surface area contributed by atoms with Crippen molar-refractivity contribution in [1.82, 2.24) is 20.0 Å². The van der Waals surface area contributed by atoms with Crippen LogP contribution in [-0.4, -0.2) is 76.6 Å². The van der Waals surface area contributed by atoms with Crippen LogP contribution in [0.25, 0.3) is 0 Å². The molecule has 3 saturated heterocycles. The van der Waals surface area contributed by atoms with Gasteiger partial charge in [0.2, 0.25) is 23.6 Å². The van der Waals surface area contributed by atoms with Crippen LogP contribution in [0.5, 0.6) is 0 Å². The van der Waals surface area contributed by atoms with Gasteiger partial charge in [-0.1, -0.05) is 0 Å². The molecule has 0 aromatic rings. The van der Waals surface area contributed by atoms with E-state index in [-0.39, 0.29) is 62.1 Å². The van der Waals surface area contributed by atoms with Crippen molar-refractivity contribution in [1.29, 1.82) is 0 Å². The van der Waals surface area contributed by atoms with E-state index in [0.29, 0.717) is 13.0 Å². The second-order valence-electron chi connectivity index (χ2n) is 5.58. The van der Waals surface area contributed by atoms with Gasteiger partial charge < -0.3 is 10.2 Å². The fourth-order valence-electron chi connectivity index (χ4n) is 3.02. The third-order valence-electron chi connectivity index (χ3n) is 4.21. The molecule has 3 fully saturated rings. The Balaban J connectivity index is 1.59. The summed E-state index contributed by atoms with van der Waals surface area (Å²) < 4.78 is 0. The molecule has 0 bridgehead atoms. The van der Waals surface area contributed by atoms with Gasteiger partial charge in [0, 0.05) is 25.9 Å². The number of carbonyl (C=O) groups excluding carboxylic acids is 5. The minimum absolute atomic E-state index is 0.0138. The van der Waals surface area contributed by atoms with Crippen molar-refractivity contribution < 1.29 is 24.0 Å². The normalized spacial score (nSPS) is 25.5. The summed E-state index contributed by atoms with van der Waals surface area (Å²) >= 11 is 0. The molecule has 1 unspecified atom stereocenters. The van der Waals surface area contributed by atoms with Crippen molar-refractivity contribution in [2.75, 3.05) is 26.2 Å². The number of rotatable bonds is 3. The standard InChI is InChI=1S/C13H16N4O5/c18-9-1-2-10(19)16(9)7-12(21)15-4-3-8(6-15)17-11(20)5-14-13(17)22/h8H,1-7H2,(H,14,22). The van der Waals surface area contributed by atoms with E-state index in [4.69, 9.17) is 0 Å². The van der Waals surface area contributed by atoms with Crippen LogP contribution >= 0.6 is 0 Å². The summed E-state index contributed by atoms with van der Waals surface area (Å²) in [7, 11) is 0. The number of carbonyl (C=O) groups is 5. The maximum absolute atomic E-state index is 12.2. The van der Waals surface area contributed by atoms with Gasteiger partial charge in [-0.3, -0.25) is 29.0 Å². The zero-order valence-electron chi connectivity index (χ0n) is 11.9. The van der Waals surface area contributed by atoms with Gasteiger partial charge in [-0.15, -0.1) is 0 Å². The lowest BCUT2D eigenvalue weighted by Gasteiger charge is -2.22. The van der Waals surface area contributed by atoms with E-state index in [1.54, 1.807) is 0 Å². The van der Waals surface area contributed by atoms with Crippen LogP contribution < -0.4 is 5.32 Å². The molecule has 3 heterocycles. The first kappa shape index (κ1) is 14.5. The molecule has 0 radical (unpaired) electrons. The maximum Gasteiger partial charge on any atom is 0.324 e. The van der Waals surface area contributed by atoms with E-state index < -0.39 is 6.03 Å². The van der Waals surface area contributed by atoms with Gasteiger partial charge in [0.1, 0.15) is 6.54 Å². The Morgan fingerprint density at radius 3 is 2.36 bits per heavy atom. The maximum atomic E-state index is 12.2. The summed E-state index contributed by atoms with van der Waals surface area (Å²) in [5, 5.41) is 2.45. The molecule has 0 aromatic carbocycles. The van der Waals surface area contributed by atoms with Crippen molar-refractivity contribution in [2.24, 2.45) is 0 Å². The Morgan fingerprint density at radius 2 is 1.77 bits per heavy atom. The first-order chi connectivity index (χ1) is 10.5. The SMILES string of the molecule is O=C(CN1C(=O)CCC1=O)N1CCC(N2C(=O)CNC2=O)C1. The number of amides is 6. The number of likely N-dealkylation sites (tertiary alicyclic amines) is 2. The molecule has 22 heavy (non-hydrogen) atoms. The number of urea groups is 1. The summed E-state index contributed by atoms with van der Waals surface area (Å²) in [5.74, 6) is -1.29. The van der Waals surface area contributed by atoms with E-state index in [1.807, 2.05) is 0 Å². The number of nitrogens with one attached hydrogen (secondary N) is 1. The van der Waals surface area contributed by atoms with Crippen LogP contribution in [0.2, 0.25) is 0 Å². The first-order valence-electron chi connectivity index (χ1n) is 7.18. The van der Waals surface area contributed by atoms with E-state index in [0.717, 1.165) is 9.80 Å². The lowest BCUT2D eigenvalue weighted by molar-refractivity contribution is -0.145.